The van der Waals surface area contributed by atoms with Crippen LogP contribution in [-0.2, 0) is 9.53 Å². The molecule has 8 heteroatoms. The lowest BCUT2D eigenvalue weighted by Crippen LogP contribution is -2.44. The third-order valence-electron chi connectivity index (χ3n) is 2.98. The average Bonchev–Trinajstić information content (AvgIpc) is 3.02. The van der Waals surface area contributed by atoms with E-state index in [1.54, 1.807) is 19.1 Å². The van der Waals surface area contributed by atoms with Crippen LogP contribution in [0.5, 0.6) is 0 Å². The maximum atomic E-state index is 13.7. The second-order valence-electron chi connectivity index (χ2n) is 4.56. The summed E-state index contributed by atoms with van der Waals surface area (Å²) in [4.78, 5) is 23.6. The van der Waals surface area contributed by atoms with E-state index < -0.39 is 30.3 Å². The van der Waals surface area contributed by atoms with Crippen molar-refractivity contribution in [3.63, 3.8) is 0 Å². The number of amides is 1. The summed E-state index contributed by atoms with van der Waals surface area (Å²) in [6, 6.07) is 6.17. The van der Waals surface area contributed by atoms with E-state index in [1.807, 2.05) is 0 Å². The van der Waals surface area contributed by atoms with Crippen LogP contribution in [0.3, 0.4) is 0 Å². The van der Waals surface area contributed by atoms with Crippen molar-refractivity contribution < 1.29 is 23.8 Å². The fourth-order valence-corrected chi connectivity index (χ4v) is 1.87. The molecule has 23 heavy (non-hydrogen) atoms. The van der Waals surface area contributed by atoms with Crippen molar-refractivity contribution in [3.8, 4) is 5.69 Å². The van der Waals surface area contributed by atoms with E-state index in [2.05, 4.69) is 10.4 Å². The van der Waals surface area contributed by atoms with Gasteiger partial charge in [0.05, 0.1) is 13.2 Å². The SMILES string of the molecule is CCOC(=O)[C@@H](CO)NC(=O)c1ccn(-c2ccccc2F)n1. The molecule has 1 aromatic carbocycles. The van der Waals surface area contributed by atoms with E-state index in [-0.39, 0.29) is 18.0 Å². The number of carbonyl (C=O) groups is 2. The molecule has 0 saturated heterocycles. The zero-order valence-electron chi connectivity index (χ0n) is 12.4. The van der Waals surface area contributed by atoms with Gasteiger partial charge in [0.25, 0.3) is 5.91 Å². The highest BCUT2D eigenvalue weighted by Gasteiger charge is 2.23. The minimum Gasteiger partial charge on any atom is -0.464 e. The van der Waals surface area contributed by atoms with Crippen molar-refractivity contribution in [2.45, 2.75) is 13.0 Å². The number of rotatable bonds is 6. The highest BCUT2D eigenvalue weighted by Crippen LogP contribution is 2.12. The van der Waals surface area contributed by atoms with Crippen molar-refractivity contribution >= 4 is 11.9 Å². The van der Waals surface area contributed by atoms with E-state index >= 15 is 0 Å². The van der Waals surface area contributed by atoms with Gasteiger partial charge >= 0.3 is 5.97 Å². The molecule has 1 atom stereocenters. The average molecular weight is 321 g/mol. The van der Waals surface area contributed by atoms with E-state index in [0.717, 1.165) is 0 Å². The number of hydrogen-bond donors (Lipinski definition) is 2. The summed E-state index contributed by atoms with van der Waals surface area (Å²) < 4.78 is 19.6. The Morgan fingerprint density at radius 3 is 2.78 bits per heavy atom. The van der Waals surface area contributed by atoms with Crippen LogP contribution in [0.1, 0.15) is 17.4 Å². The van der Waals surface area contributed by atoms with Crippen LogP contribution in [0.25, 0.3) is 5.69 Å². The maximum absolute atomic E-state index is 13.7. The van der Waals surface area contributed by atoms with E-state index in [1.165, 1.54) is 29.1 Å². The van der Waals surface area contributed by atoms with Gasteiger partial charge in [-0.3, -0.25) is 4.79 Å². The number of benzene rings is 1. The van der Waals surface area contributed by atoms with Gasteiger partial charge in [-0.05, 0) is 25.1 Å². The lowest BCUT2D eigenvalue weighted by Gasteiger charge is -2.13. The fourth-order valence-electron chi connectivity index (χ4n) is 1.87. The summed E-state index contributed by atoms with van der Waals surface area (Å²) in [5.41, 5.74) is 0.173. The predicted molar refractivity (Wildman–Crippen MR) is 78.5 cm³/mol. The molecule has 0 unspecified atom stereocenters. The number of aromatic nitrogens is 2. The van der Waals surface area contributed by atoms with Gasteiger partial charge < -0.3 is 15.2 Å². The third-order valence-corrected chi connectivity index (χ3v) is 2.98. The number of aliphatic hydroxyl groups is 1. The molecule has 1 aromatic heterocycles. The van der Waals surface area contributed by atoms with Crippen LogP contribution in [-0.4, -0.2) is 46.0 Å². The smallest absolute Gasteiger partial charge is 0.331 e. The van der Waals surface area contributed by atoms with Crippen LogP contribution < -0.4 is 5.32 Å². The first-order valence-electron chi connectivity index (χ1n) is 6.95. The van der Waals surface area contributed by atoms with Gasteiger partial charge in [0.15, 0.2) is 11.7 Å². The number of para-hydroxylation sites is 1. The molecule has 2 N–H and O–H groups in total. The number of nitrogens with one attached hydrogen (secondary N) is 1. The molecule has 0 aliphatic heterocycles. The Bertz CT molecular complexity index is 702. The van der Waals surface area contributed by atoms with Gasteiger partial charge in [-0.2, -0.15) is 5.10 Å². The highest BCUT2D eigenvalue weighted by molar-refractivity contribution is 5.95. The van der Waals surface area contributed by atoms with Crippen molar-refractivity contribution in [2.75, 3.05) is 13.2 Å². The standard InChI is InChI=1S/C15H16FN3O4/c1-2-23-15(22)12(9-20)17-14(21)11-7-8-19(18-11)13-6-4-3-5-10(13)16/h3-8,12,20H,2,9H2,1H3,(H,17,21)/t12-/m1/s1. The van der Waals surface area contributed by atoms with Gasteiger partial charge in [0, 0.05) is 6.20 Å². The Morgan fingerprint density at radius 2 is 2.13 bits per heavy atom. The number of esters is 1. The van der Waals surface area contributed by atoms with Gasteiger partial charge in [-0.1, -0.05) is 12.1 Å². The number of ether oxygens (including phenoxy) is 1. The minimum absolute atomic E-state index is 0.0176. The molecule has 0 saturated carbocycles. The molecular formula is C15H16FN3O4. The van der Waals surface area contributed by atoms with E-state index in [0.29, 0.717) is 0 Å². The zero-order valence-corrected chi connectivity index (χ0v) is 12.4. The van der Waals surface area contributed by atoms with E-state index in [4.69, 9.17) is 9.84 Å². The Morgan fingerprint density at radius 1 is 1.39 bits per heavy atom. The maximum Gasteiger partial charge on any atom is 0.331 e. The Kier molecular flexibility index (Phi) is 5.42. The Labute approximate surface area is 131 Å². The molecule has 1 heterocycles. The van der Waals surface area contributed by atoms with Crippen LogP contribution in [0.4, 0.5) is 4.39 Å². The predicted octanol–water partition coefficient (Wildman–Crippen LogP) is 0.665. The molecule has 0 aliphatic rings. The molecule has 0 bridgehead atoms. The highest BCUT2D eigenvalue weighted by atomic mass is 19.1. The van der Waals surface area contributed by atoms with Crippen molar-refractivity contribution in [1.82, 2.24) is 15.1 Å². The summed E-state index contributed by atoms with van der Waals surface area (Å²) in [5, 5.41) is 15.4. The number of aliphatic hydroxyl groups excluding tert-OH is 1. The second-order valence-corrected chi connectivity index (χ2v) is 4.56. The second kappa shape index (κ2) is 7.50. The summed E-state index contributed by atoms with van der Waals surface area (Å²) >= 11 is 0. The van der Waals surface area contributed by atoms with Crippen molar-refractivity contribution in [1.29, 1.82) is 0 Å². The molecule has 2 rings (SSSR count). The molecular weight excluding hydrogens is 305 g/mol. The first-order valence-corrected chi connectivity index (χ1v) is 6.95. The first-order chi connectivity index (χ1) is 11.1. The third kappa shape index (κ3) is 3.92. The van der Waals surface area contributed by atoms with Crippen LogP contribution in [0, 0.1) is 5.82 Å². The molecule has 1 amide bonds. The van der Waals surface area contributed by atoms with Gasteiger partial charge in [-0.25, -0.2) is 13.9 Å². The normalized spacial score (nSPS) is 11.8. The summed E-state index contributed by atoms with van der Waals surface area (Å²) in [6.45, 7) is 1.15. The lowest BCUT2D eigenvalue weighted by atomic mass is 10.3. The Balaban J connectivity index is 2.12. The molecule has 0 aliphatic carbocycles. The monoisotopic (exact) mass is 321 g/mol. The number of carbonyl (C=O) groups excluding carboxylic acids is 2. The van der Waals surface area contributed by atoms with Gasteiger partial charge in [0.2, 0.25) is 0 Å². The lowest BCUT2D eigenvalue weighted by molar-refractivity contribution is -0.146. The molecule has 0 radical (unpaired) electrons. The minimum atomic E-state index is -1.18. The molecule has 2 aromatic rings. The molecule has 7 nitrogen and oxygen atoms in total. The molecule has 0 fully saturated rings. The zero-order chi connectivity index (χ0) is 16.8. The summed E-state index contributed by atoms with van der Waals surface area (Å²) in [6.07, 6.45) is 1.42. The summed E-state index contributed by atoms with van der Waals surface area (Å²) in [5.74, 6) is -1.90. The van der Waals surface area contributed by atoms with E-state index in [9.17, 15) is 14.0 Å². The molecule has 122 valence electrons. The first kappa shape index (κ1) is 16.6. The molecule has 0 spiro atoms. The van der Waals surface area contributed by atoms with Crippen LogP contribution in [0.15, 0.2) is 36.5 Å². The van der Waals surface area contributed by atoms with Gasteiger partial charge in [0.1, 0.15) is 11.5 Å². The largest absolute Gasteiger partial charge is 0.464 e. The quantitative estimate of drug-likeness (QED) is 0.763. The fraction of sp³-hybridized carbons (Fsp3) is 0.267. The topological polar surface area (TPSA) is 93.5 Å². The van der Waals surface area contributed by atoms with Crippen molar-refractivity contribution in [2.24, 2.45) is 0 Å². The number of nitrogens with zero attached hydrogens (tertiary/aromatic N) is 2. The van der Waals surface area contributed by atoms with Gasteiger partial charge in [-0.15, -0.1) is 0 Å². The van der Waals surface area contributed by atoms with Crippen molar-refractivity contribution in [3.05, 3.63) is 48.0 Å². The van der Waals surface area contributed by atoms with Crippen LogP contribution in [0.2, 0.25) is 0 Å². The number of hydrogen-bond acceptors (Lipinski definition) is 5. The summed E-state index contributed by atoms with van der Waals surface area (Å²) in [7, 11) is 0. The van der Waals surface area contributed by atoms with Crippen LogP contribution >= 0.6 is 0 Å². The Hall–Kier alpha value is -2.74. The number of halogens is 1.